The summed E-state index contributed by atoms with van der Waals surface area (Å²) in [4.78, 5) is 10.7. The molecule has 1 rings (SSSR count). The SMILES string of the molecule is CCS(=O)(=O)CCNCc1cc(C)c(C(=O)O)o1. The van der Waals surface area contributed by atoms with Gasteiger partial charge in [0.1, 0.15) is 5.76 Å². The number of aryl methyl sites for hydroxylation is 1. The minimum absolute atomic E-state index is 0.0645. The lowest BCUT2D eigenvalue weighted by Crippen LogP contribution is -2.23. The minimum atomic E-state index is -2.98. The van der Waals surface area contributed by atoms with Gasteiger partial charge in [0.05, 0.1) is 12.3 Å². The first kappa shape index (κ1) is 14.7. The first-order valence-corrected chi connectivity index (χ1v) is 7.41. The number of aromatic carboxylic acids is 1. The molecule has 0 radical (unpaired) electrons. The van der Waals surface area contributed by atoms with E-state index in [-0.39, 0.29) is 17.3 Å². The van der Waals surface area contributed by atoms with Crippen LogP contribution in [0.3, 0.4) is 0 Å². The van der Waals surface area contributed by atoms with Crippen LogP contribution >= 0.6 is 0 Å². The highest BCUT2D eigenvalue weighted by Gasteiger charge is 2.14. The molecule has 0 aliphatic rings. The number of sulfone groups is 1. The maximum absolute atomic E-state index is 11.2. The zero-order valence-electron chi connectivity index (χ0n) is 10.4. The lowest BCUT2D eigenvalue weighted by Gasteiger charge is -2.02. The molecule has 0 amide bonds. The molecule has 0 spiro atoms. The Morgan fingerprint density at radius 3 is 2.67 bits per heavy atom. The molecule has 18 heavy (non-hydrogen) atoms. The third-order valence-electron chi connectivity index (χ3n) is 2.49. The Bertz CT molecular complexity index is 518. The van der Waals surface area contributed by atoms with Crippen LogP contribution in [0.4, 0.5) is 0 Å². The number of carboxylic acid groups (broad SMARTS) is 1. The van der Waals surface area contributed by atoms with E-state index in [4.69, 9.17) is 9.52 Å². The topological polar surface area (TPSA) is 96.6 Å². The molecule has 0 atom stereocenters. The van der Waals surface area contributed by atoms with Gasteiger partial charge >= 0.3 is 5.97 Å². The molecule has 0 aromatic carbocycles. The van der Waals surface area contributed by atoms with Crippen molar-refractivity contribution in [1.82, 2.24) is 5.32 Å². The van der Waals surface area contributed by atoms with Crippen molar-refractivity contribution >= 4 is 15.8 Å². The fourth-order valence-corrected chi connectivity index (χ4v) is 2.18. The number of carboxylic acids is 1. The monoisotopic (exact) mass is 275 g/mol. The average Bonchev–Trinajstić information content (AvgIpc) is 2.66. The second-order valence-corrected chi connectivity index (χ2v) is 6.42. The Hall–Kier alpha value is -1.34. The van der Waals surface area contributed by atoms with Crippen molar-refractivity contribution in [1.29, 1.82) is 0 Å². The van der Waals surface area contributed by atoms with Gasteiger partial charge < -0.3 is 14.8 Å². The van der Waals surface area contributed by atoms with Crippen LogP contribution in [-0.4, -0.2) is 37.5 Å². The van der Waals surface area contributed by atoms with Gasteiger partial charge in [0.15, 0.2) is 9.84 Å². The molecular formula is C11H17NO5S. The molecule has 1 aromatic heterocycles. The van der Waals surface area contributed by atoms with Crippen LogP contribution in [0.15, 0.2) is 10.5 Å². The Labute approximate surface area is 106 Å². The number of hydrogen-bond acceptors (Lipinski definition) is 5. The number of nitrogens with one attached hydrogen (secondary N) is 1. The largest absolute Gasteiger partial charge is 0.475 e. The summed E-state index contributed by atoms with van der Waals surface area (Å²) < 4.78 is 27.6. The Morgan fingerprint density at radius 2 is 2.17 bits per heavy atom. The van der Waals surface area contributed by atoms with Gasteiger partial charge in [-0.3, -0.25) is 0 Å². The predicted molar refractivity (Wildman–Crippen MR) is 66.4 cm³/mol. The molecule has 0 bridgehead atoms. The summed E-state index contributed by atoms with van der Waals surface area (Å²) in [5.41, 5.74) is 0.556. The van der Waals surface area contributed by atoms with Gasteiger partial charge in [-0.15, -0.1) is 0 Å². The number of furan rings is 1. The second-order valence-electron chi connectivity index (χ2n) is 3.94. The Balaban J connectivity index is 2.45. The maximum atomic E-state index is 11.2. The highest BCUT2D eigenvalue weighted by molar-refractivity contribution is 7.91. The van der Waals surface area contributed by atoms with E-state index in [1.165, 1.54) is 0 Å². The summed E-state index contributed by atoms with van der Waals surface area (Å²) in [7, 11) is -2.98. The summed E-state index contributed by atoms with van der Waals surface area (Å²) in [5.74, 6) is -0.508. The lowest BCUT2D eigenvalue weighted by molar-refractivity contribution is 0.0659. The van der Waals surface area contributed by atoms with E-state index >= 15 is 0 Å². The predicted octanol–water partition coefficient (Wildman–Crippen LogP) is 0.811. The molecule has 1 heterocycles. The van der Waals surface area contributed by atoms with Crippen molar-refractivity contribution in [3.05, 3.63) is 23.2 Å². The third-order valence-corrected chi connectivity index (χ3v) is 4.20. The zero-order valence-corrected chi connectivity index (χ0v) is 11.2. The molecule has 0 aliphatic carbocycles. The van der Waals surface area contributed by atoms with E-state index in [1.54, 1.807) is 19.9 Å². The van der Waals surface area contributed by atoms with E-state index in [2.05, 4.69) is 5.32 Å². The molecule has 0 saturated carbocycles. The van der Waals surface area contributed by atoms with Gasteiger partial charge in [-0.25, -0.2) is 13.2 Å². The van der Waals surface area contributed by atoms with E-state index in [0.717, 1.165) is 0 Å². The lowest BCUT2D eigenvalue weighted by atomic mass is 10.2. The van der Waals surface area contributed by atoms with Crippen LogP contribution in [0.25, 0.3) is 0 Å². The molecule has 7 heteroatoms. The van der Waals surface area contributed by atoms with Gasteiger partial charge in [0, 0.05) is 17.9 Å². The van der Waals surface area contributed by atoms with E-state index in [9.17, 15) is 13.2 Å². The third kappa shape index (κ3) is 4.15. The molecule has 0 saturated heterocycles. The number of rotatable bonds is 7. The summed E-state index contributed by atoms with van der Waals surface area (Å²) >= 11 is 0. The van der Waals surface area contributed by atoms with Gasteiger partial charge in [-0.2, -0.15) is 0 Å². The second kappa shape index (κ2) is 6.01. The first-order valence-electron chi connectivity index (χ1n) is 5.59. The smallest absolute Gasteiger partial charge is 0.372 e. The van der Waals surface area contributed by atoms with Gasteiger partial charge in [0.2, 0.25) is 5.76 Å². The van der Waals surface area contributed by atoms with Crippen LogP contribution in [0.5, 0.6) is 0 Å². The van der Waals surface area contributed by atoms with E-state index < -0.39 is 15.8 Å². The van der Waals surface area contributed by atoms with Crippen molar-refractivity contribution in [2.75, 3.05) is 18.1 Å². The Kier molecular flexibility index (Phi) is 4.92. The summed E-state index contributed by atoms with van der Waals surface area (Å²) in [5, 5.41) is 11.7. The number of carbonyl (C=O) groups is 1. The zero-order chi connectivity index (χ0) is 13.8. The van der Waals surface area contributed by atoms with Crippen LogP contribution in [0.1, 0.15) is 28.8 Å². The minimum Gasteiger partial charge on any atom is -0.475 e. The molecule has 2 N–H and O–H groups in total. The van der Waals surface area contributed by atoms with Gasteiger partial charge in [-0.05, 0) is 13.0 Å². The quantitative estimate of drug-likeness (QED) is 0.715. The van der Waals surface area contributed by atoms with Crippen LogP contribution in [0, 0.1) is 6.92 Å². The van der Waals surface area contributed by atoms with Crippen molar-refractivity contribution in [2.45, 2.75) is 20.4 Å². The van der Waals surface area contributed by atoms with E-state index in [0.29, 0.717) is 24.4 Å². The molecular weight excluding hydrogens is 258 g/mol. The highest BCUT2D eigenvalue weighted by Crippen LogP contribution is 2.14. The molecule has 0 aliphatic heterocycles. The van der Waals surface area contributed by atoms with Crippen molar-refractivity contribution < 1.29 is 22.7 Å². The maximum Gasteiger partial charge on any atom is 0.372 e. The normalized spacial score (nSPS) is 11.7. The van der Waals surface area contributed by atoms with Crippen molar-refractivity contribution in [3.8, 4) is 0 Å². The van der Waals surface area contributed by atoms with Crippen molar-refractivity contribution in [3.63, 3.8) is 0 Å². The van der Waals surface area contributed by atoms with Gasteiger partial charge in [-0.1, -0.05) is 6.92 Å². The molecule has 102 valence electrons. The van der Waals surface area contributed by atoms with Crippen LogP contribution < -0.4 is 5.32 Å². The molecule has 0 unspecified atom stereocenters. The fraction of sp³-hybridized carbons (Fsp3) is 0.545. The highest BCUT2D eigenvalue weighted by atomic mass is 32.2. The summed E-state index contributed by atoms with van der Waals surface area (Å²) in [6, 6.07) is 1.63. The van der Waals surface area contributed by atoms with Crippen molar-refractivity contribution in [2.24, 2.45) is 0 Å². The summed E-state index contributed by atoms with van der Waals surface area (Å²) in [6.07, 6.45) is 0. The summed E-state index contributed by atoms with van der Waals surface area (Å²) in [6.45, 7) is 3.88. The molecule has 0 fully saturated rings. The molecule has 6 nitrogen and oxygen atoms in total. The van der Waals surface area contributed by atoms with Crippen LogP contribution in [-0.2, 0) is 16.4 Å². The standard InChI is InChI=1S/C11H17NO5S/c1-3-18(15,16)5-4-12-7-9-6-8(2)10(17-9)11(13)14/h6,12H,3-5,7H2,1-2H3,(H,13,14). The van der Waals surface area contributed by atoms with Gasteiger partial charge in [0.25, 0.3) is 0 Å². The first-order chi connectivity index (χ1) is 8.35. The number of hydrogen-bond donors (Lipinski definition) is 2. The van der Waals surface area contributed by atoms with Crippen LogP contribution in [0.2, 0.25) is 0 Å². The fourth-order valence-electron chi connectivity index (χ4n) is 1.43. The molecule has 1 aromatic rings. The Morgan fingerprint density at radius 1 is 1.50 bits per heavy atom. The van der Waals surface area contributed by atoms with E-state index in [1.807, 2.05) is 0 Å². The average molecular weight is 275 g/mol.